The van der Waals surface area contributed by atoms with E-state index in [0.717, 1.165) is 13.0 Å². The fraction of sp³-hybridized carbons (Fsp3) is 0.571. The Labute approximate surface area is 125 Å². The minimum atomic E-state index is -0.672. The Morgan fingerprint density at radius 3 is 2.70 bits per heavy atom. The van der Waals surface area contributed by atoms with Crippen LogP contribution in [0.4, 0.5) is 5.82 Å². The predicted molar refractivity (Wildman–Crippen MR) is 81.3 cm³/mol. The number of hydrogen-bond acceptors (Lipinski definition) is 4. The highest BCUT2D eigenvalue weighted by molar-refractivity contribution is 6.33. The van der Waals surface area contributed by atoms with Crippen LogP contribution in [0.2, 0.25) is 5.02 Å². The van der Waals surface area contributed by atoms with Gasteiger partial charge in [0.15, 0.2) is 0 Å². The lowest BCUT2D eigenvalue weighted by atomic mass is 10.0. The Kier molecular flexibility index (Phi) is 5.77. The molecule has 0 saturated heterocycles. The highest BCUT2D eigenvalue weighted by Crippen LogP contribution is 2.21. The molecule has 0 atom stereocenters. The normalized spacial score (nSPS) is 11.3. The predicted octanol–water partition coefficient (Wildman–Crippen LogP) is 2.40. The number of likely N-dealkylation sites (N-methyl/N-ethyl adjacent to an activating group) is 1. The first-order chi connectivity index (χ1) is 9.33. The van der Waals surface area contributed by atoms with Crippen molar-refractivity contribution in [2.75, 3.05) is 25.5 Å². The zero-order chi connectivity index (χ0) is 15.3. The van der Waals surface area contributed by atoms with Crippen LogP contribution in [-0.4, -0.2) is 46.6 Å². The molecule has 0 aromatic carbocycles. The van der Waals surface area contributed by atoms with E-state index in [1.807, 2.05) is 6.92 Å². The highest BCUT2D eigenvalue weighted by atomic mass is 35.5. The third kappa shape index (κ3) is 3.84. The number of nitrogens with zero attached hydrogens (tertiary/aromatic N) is 2. The molecule has 1 aromatic heterocycles. The summed E-state index contributed by atoms with van der Waals surface area (Å²) in [6, 6.07) is 3.39. The zero-order valence-corrected chi connectivity index (χ0v) is 13.2. The van der Waals surface area contributed by atoms with E-state index in [9.17, 15) is 9.90 Å². The molecular weight excluding hydrogens is 278 g/mol. The molecule has 0 aliphatic heterocycles. The van der Waals surface area contributed by atoms with Crippen LogP contribution >= 0.6 is 11.6 Å². The molecule has 0 fully saturated rings. The summed E-state index contributed by atoms with van der Waals surface area (Å²) >= 11 is 6.06. The van der Waals surface area contributed by atoms with Crippen LogP contribution in [0.25, 0.3) is 0 Å². The maximum absolute atomic E-state index is 12.4. The second-order valence-electron chi connectivity index (χ2n) is 5.29. The molecule has 0 aliphatic carbocycles. The molecule has 0 bridgehead atoms. The summed E-state index contributed by atoms with van der Waals surface area (Å²) in [6.45, 7) is 6.24. The van der Waals surface area contributed by atoms with E-state index in [-0.39, 0.29) is 18.2 Å². The number of carbonyl (C=O) groups excluding carboxylic acids is 1. The first kappa shape index (κ1) is 16.7. The van der Waals surface area contributed by atoms with E-state index in [2.05, 4.69) is 10.3 Å². The van der Waals surface area contributed by atoms with Crippen molar-refractivity contribution in [3.8, 4) is 0 Å². The lowest BCUT2D eigenvalue weighted by Crippen LogP contribution is -2.48. The number of pyridine rings is 1. The molecule has 6 heteroatoms. The third-order valence-corrected chi connectivity index (χ3v) is 3.51. The molecule has 1 rings (SSSR count). The van der Waals surface area contributed by atoms with Crippen LogP contribution < -0.4 is 5.32 Å². The van der Waals surface area contributed by atoms with Crippen LogP contribution in [0.1, 0.15) is 37.7 Å². The van der Waals surface area contributed by atoms with E-state index in [0.29, 0.717) is 10.8 Å². The van der Waals surface area contributed by atoms with Gasteiger partial charge in [-0.3, -0.25) is 4.79 Å². The number of rotatable bonds is 6. The van der Waals surface area contributed by atoms with Crippen LogP contribution in [-0.2, 0) is 0 Å². The van der Waals surface area contributed by atoms with E-state index in [4.69, 9.17) is 11.6 Å². The molecule has 0 spiro atoms. The summed E-state index contributed by atoms with van der Waals surface area (Å²) in [7, 11) is 1.63. The largest absolute Gasteiger partial charge is 0.394 e. The van der Waals surface area contributed by atoms with Crippen molar-refractivity contribution in [2.24, 2.45) is 0 Å². The van der Waals surface area contributed by atoms with Crippen molar-refractivity contribution in [1.29, 1.82) is 0 Å². The maximum atomic E-state index is 12.4. The average molecular weight is 300 g/mol. The quantitative estimate of drug-likeness (QED) is 0.846. The van der Waals surface area contributed by atoms with Gasteiger partial charge in [-0.25, -0.2) is 4.98 Å². The lowest BCUT2D eigenvalue weighted by molar-refractivity contribution is 0.0468. The standard InChI is InChI=1S/C14H22ClN3O2/c1-5-8-16-11-7-6-10(15)12(17-11)13(20)18(4)14(2,3)9-19/h6-7,19H,5,8-9H2,1-4H3,(H,16,17). The second-order valence-corrected chi connectivity index (χ2v) is 5.70. The number of nitrogens with one attached hydrogen (secondary N) is 1. The summed E-state index contributed by atoms with van der Waals surface area (Å²) in [6.07, 6.45) is 0.963. The van der Waals surface area contributed by atoms with Crippen molar-refractivity contribution in [1.82, 2.24) is 9.88 Å². The second kappa shape index (κ2) is 6.90. The first-order valence-corrected chi connectivity index (χ1v) is 7.00. The van der Waals surface area contributed by atoms with Gasteiger partial charge in [0, 0.05) is 13.6 Å². The monoisotopic (exact) mass is 299 g/mol. The van der Waals surface area contributed by atoms with Gasteiger partial charge in [0.2, 0.25) is 0 Å². The Hall–Kier alpha value is -1.33. The third-order valence-electron chi connectivity index (χ3n) is 3.20. The van der Waals surface area contributed by atoms with Crippen LogP contribution in [0.5, 0.6) is 0 Å². The number of anilines is 1. The number of carbonyl (C=O) groups is 1. The SMILES string of the molecule is CCCNc1ccc(Cl)c(C(=O)N(C)C(C)(C)CO)n1. The smallest absolute Gasteiger partial charge is 0.274 e. The van der Waals surface area contributed by atoms with Gasteiger partial charge in [-0.1, -0.05) is 18.5 Å². The molecule has 0 radical (unpaired) electrons. The highest BCUT2D eigenvalue weighted by Gasteiger charge is 2.29. The summed E-state index contributed by atoms with van der Waals surface area (Å²) in [5.41, 5.74) is -0.480. The molecule has 0 saturated carbocycles. The number of aliphatic hydroxyl groups is 1. The van der Waals surface area contributed by atoms with Gasteiger partial charge in [-0.05, 0) is 32.4 Å². The number of halogens is 1. The molecule has 20 heavy (non-hydrogen) atoms. The Morgan fingerprint density at radius 1 is 1.50 bits per heavy atom. The lowest BCUT2D eigenvalue weighted by Gasteiger charge is -2.33. The van der Waals surface area contributed by atoms with E-state index in [1.165, 1.54) is 4.90 Å². The summed E-state index contributed by atoms with van der Waals surface area (Å²) in [5, 5.41) is 12.8. The summed E-state index contributed by atoms with van der Waals surface area (Å²) < 4.78 is 0. The number of aromatic nitrogens is 1. The van der Waals surface area contributed by atoms with Crippen molar-refractivity contribution >= 4 is 23.3 Å². The Balaban J connectivity index is 3.02. The Bertz CT molecular complexity index is 477. The fourth-order valence-electron chi connectivity index (χ4n) is 1.48. The maximum Gasteiger partial charge on any atom is 0.274 e. The summed E-state index contributed by atoms with van der Waals surface area (Å²) in [4.78, 5) is 18.1. The Morgan fingerprint density at radius 2 is 2.15 bits per heavy atom. The topological polar surface area (TPSA) is 65.5 Å². The number of hydrogen-bond donors (Lipinski definition) is 2. The van der Waals surface area contributed by atoms with Gasteiger partial charge >= 0.3 is 0 Å². The molecule has 2 N–H and O–H groups in total. The minimum Gasteiger partial charge on any atom is -0.394 e. The average Bonchev–Trinajstić information content (AvgIpc) is 2.44. The molecule has 112 valence electrons. The van der Waals surface area contributed by atoms with Crippen molar-refractivity contribution in [3.63, 3.8) is 0 Å². The van der Waals surface area contributed by atoms with Gasteiger partial charge in [-0.15, -0.1) is 0 Å². The summed E-state index contributed by atoms with van der Waals surface area (Å²) in [5.74, 6) is 0.309. The molecule has 0 aliphatic rings. The zero-order valence-electron chi connectivity index (χ0n) is 12.4. The van der Waals surface area contributed by atoms with Crippen LogP contribution in [0, 0.1) is 0 Å². The van der Waals surface area contributed by atoms with Gasteiger partial charge in [0.25, 0.3) is 5.91 Å². The van der Waals surface area contributed by atoms with Gasteiger partial charge in [0.05, 0.1) is 17.2 Å². The van der Waals surface area contributed by atoms with Crippen LogP contribution in [0.15, 0.2) is 12.1 Å². The van der Waals surface area contributed by atoms with Crippen molar-refractivity contribution in [3.05, 3.63) is 22.8 Å². The van der Waals surface area contributed by atoms with Gasteiger partial charge < -0.3 is 15.3 Å². The molecule has 1 heterocycles. The molecule has 0 unspecified atom stereocenters. The van der Waals surface area contributed by atoms with Gasteiger partial charge in [-0.2, -0.15) is 0 Å². The minimum absolute atomic E-state index is 0.138. The van der Waals surface area contributed by atoms with E-state index in [1.54, 1.807) is 33.0 Å². The molecular formula is C14H22ClN3O2. The fourth-order valence-corrected chi connectivity index (χ4v) is 1.67. The first-order valence-electron chi connectivity index (χ1n) is 6.63. The molecule has 1 aromatic rings. The van der Waals surface area contributed by atoms with Crippen molar-refractivity contribution in [2.45, 2.75) is 32.7 Å². The van der Waals surface area contributed by atoms with Gasteiger partial charge in [0.1, 0.15) is 11.5 Å². The molecule has 5 nitrogen and oxygen atoms in total. The van der Waals surface area contributed by atoms with E-state index < -0.39 is 5.54 Å². The van der Waals surface area contributed by atoms with E-state index >= 15 is 0 Å². The van der Waals surface area contributed by atoms with Crippen LogP contribution in [0.3, 0.4) is 0 Å². The molecule has 1 amide bonds. The number of aliphatic hydroxyl groups excluding tert-OH is 1. The number of amides is 1. The van der Waals surface area contributed by atoms with Crippen molar-refractivity contribution < 1.29 is 9.90 Å².